The number of nitrogens with two attached hydrogens (primary N) is 1. The van der Waals surface area contributed by atoms with Crippen molar-refractivity contribution in [2.45, 2.75) is 107 Å². The maximum atomic E-state index is 12.2. The first-order valence-electron chi connectivity index (χ1n) is 27.8. The molecule has 0 spiro atoms. The summed E-state index contributed by atoms with van der Waals surface area (Å²) in [7, 11) is 5.70. The number of aromatic nitrogens is 12. The van der Waals surface area contributed by atoms with Crippen LogP contribution in [-0.4, -0.2) is 113 Å². The summed E-state index contributed by atoms with van der Waals surface area (Å²) in [5.74, 6) is 2.89. The Balaban J connectivity index is 0.000000223. The zero-order chi connectivity index (χ0) is 65.9. The highest BCUT2D eigenvalue weighted by Crippen LogP contribution is 2.41. The lowest BCUT2D eigenvalue weighted by Crippen LogP contribution is -2.08. The summed E-state index contributed by atoms with van der Waals surface area (Å²) in [4.78, 5) is 53.8. The van der Waals surface area contributed by atoms with Crippen molar-refractivity contribution in [3.05, 3.63) is 180 Å². The predicted octanol–water partition coefficient (Wildman–Crippen LogP) is 14.5. The first kappa shape index (κ1) is 75.0. The molecule has 91 heavy (non-hydrogen) atoms. The zero-order valence-electron chi connectivity index (χ0n) is 52.2. The highest BCUT2D eigenvalue weighted by Gasteiger charge is 2.32. The number of benzene rings is 2. The van der Waals surface area contributed by atoms with Crippen LogP contribution in [-0.2, 0) is 23.9 Å². The van der Waals surface area contributed by atoms with Crippen LogP contribution in [0.2, 0.25) is 9.49 Å². The van der Waals surface area contributed by atoms with Gasteiger partial charge >= 0.3 is 12.1 Å². The largest absolute Gasteiger partial charge is 0.457 e. The molecular formula is C61H69BCl2F3N16O5S3. The third-order valence-corrected chi connectivity index (χ3v) is 15.7. The minimum Gasteiger partial charge on any atom is -0.457 e. The van der Waals surface area contributed by atoms with E-state index in [0.717, 1.165) is 74.9 Å². The van der Waals surface area contributed by atoms with E-state index in [0.29, 0.717) is 52.5 Å². The first-order chi connectivity index (χ1) is 43.0. The fourth-order valence-electron chi connectivity index (χ4n) is 7.43. The van der Waals surface area contributed by atoms with Crippen LogP contribution in [0, 0.1) is 34.6 Å². The number of ether oxygens (including phenoxy) is 1. The van der Waals surface area contributed by atoms with Crippen molar-refractivity contribution in [3.63, 3.8) is 0 Å². The fraction of sp³-hybridized carbons (Fsp3) is 0.328. The maximum absolute atomic E-state index is 12.2. The van der Waals surface area contributed by atoms with Gasteiger partial charge in [0.2, 0.25) is 23.4 Å². The van der Waals surface area contributed by atoms with Crippen molar-refractivity contribution in [3.8, 4) is 11.4 Å². The monoisotopic (exact) mass is 1340 g/mol. The molecule has 21 nitrogen and oxygen atoms in total. The van der Waals surface area contributed by atoms with E-state index in [1.165, 1.54) is 62.9 Å². The second kappa shape index (κ2) is 37.7. The number of hydrogen-bond acceptors (Lipinski definition) is 24. The van der Waals surface area contributed by atoms with Crippen molar-refractivity contribution in [2.24, 2.45) is 10.7 Å². The van der Waals surface area contributed by atoms with Crippen LogP contribution in [0.25, 0.3) is 27.2 Å². The van der Waals surface area contributed by atoms with Crippen LogP contribution in [0.4, 0.5) is 24.7 Å². The minimum absolute atomic E-state index is 0. The highest BCUT2D eigenvalue weighted by molar-refractivity contribution is 7.15. The minimum atomic E-state index is -4.40. The molecular weight excluding hydrogens is 1270 g/mol. The molecule has 3 N–H and O–H groups in total. The van der Waals surface area contributed by atoms with Crippen LogP contribution in [0.5, 0.6) is 0 Å². The van der Waals surface area contributed by atoms with Crippen molar-refractivity contribution >= 4 is 111 Å². The van der Waals surface area contributed by atoms with Gasteiger partial charge in [-0.1, -0.05) is 86.7 Å². The van der Waals surface area contributed by atoms with Gasteiger partial charge in [0.05, 0.1) is 32.1 Å². The third-order valence-electron chi connectivity index (χ3n) is 12.4. The number of allylic oxidation sites excluding steroid dienone is 1. The number of aryl methyl sites for hydroxylation is 6. The van der Waals surface area contributed by atoms with E-state index < -0.39 is 11.7 Å². The van der Waals surface area contributed by atoms with E-state index in [1.807, 2.05) is 107 Å². The molecule has 1 saturated carbocycles. The van der Waals surface area contributed by atoms with E-state index in [2.05, 4.69) is 89.6 Å². The molecule has 30 heteroatoms. The molecule has 0 unspecified atom stereocenters. The van der Waals surface area contributed by atoms with Crippen LogP contribution in [0.1, 0.15) is 129 Å². The molecule has 1 aliphatic heterocycles. The highest BCUT2D eigenvalue weighted by atomic mass is 35.5. The summed E-state index contributed by atoms with van der Waals surface area (Å²) in [5, 5.41) is 18.3. The number of nitrogens with one attached hydrogen (secondary N) is 1. The van der Waals surface area contributed by atoms with Gasteiger partial charge in [-0.2, -0.15) is 23.1 Å². The number of aliphatic imine (C=N–C) groups is 1. The van der Waals surface area contributed by atoms with Gasteiger partial charge in [0.25, 0.3) is 0 Å². The molecule has 479 valence electrons. The number of carbonyl (C=O) groups is 2. The number of nitrogens with zero attached hydrogens (tertiary/aromatic N) is 14. The van der Waals surface area contributed by atoms with Gasteiger partial charge in [0.15, 0.2) is 10.3 Å². The molecule has 8 aromatic heterocycles. The lowest BCUT2D eigenvalue weighted by molar-refractivity contribution is -0.137. The number of Topliss-reactive ketones (excluding diaryl/α,β-unsaturated/α-hetero) is 1. The zero-order valence-corrected chi connectivity index (χ0v) is 56.2. The first-order valence-corrected chi connectivity index (χ1v) is 30.9. The molecule has 1 fully saturated rings. The van der Waals surface area contributed by atoms with E-state index in [9.17, 15) is 22.8 Å². The number of alkyl halides is 3. The summed E-state index contributed by atoms with van der Waals surface area (Å²) < 4.78 is 60.7. The Bertz CT molecular complexity index is 3930. The lowest BCUT2D eigenvalue weighted by atomic mass is 10.0. The lowest BCUT2D eigenvalue weighted by Gasteiger charge is -2.10. The Morgan fingerprint density at radius 3 is 2.05 bits per heavy atom. The number of ketones is 1. The van der Waals surface area contributed by atoms with Crippen LogP contribution in [0.3, 0.4) is 0 Å². The van der Waals surface area contributed by atoms with Gasteiger partial charge in [-0.15, -0.1) is 21.5 Å². The van der Waals surface area contributed by atoms with Crippen molar-refractivity contribution in [2.75, 3.05) is 37.9 Å². The summed E-state index contributed by atoms with van der Waals surface area (Å²) in [6, 6.07) is 20.4. The fourth-order valence-corrected chi connectivity index (χ4v) is 9.85. The molecule has 3 radical (unpaired) electrons. The number of pyridine rings is 3. The Morgan fingerprint density at radius 1 is 0.857 bits per heavy atom. The SMILES string of the molecule is CC(=O)c1snnc1C1CC1.CCCNc1ncc(C(F)(F)F)cc1Cl.CCc1cnc(Cl)s1.CN(C)c1ccncc1.CN=C(C)C(=CN)c1noc(C)n1.Cc1cccc2c1C(=O)OC2.Cc1cccc2nnsc12.Cc1nc(-c2cccnc2C)no1.[B]. The molecule has 0 bridgehead atoms. The number of cyclic esters (lactones) is 1. The quantitative estimate of drug-likeness (QED) is 0.0557. The molecule has 10 aromatic rings. The summed E-state index contributed by atoms with van der Waals surface area (Å²) >= 11 is 15.4. The van der Waals surface area contributed by atoms with Crippen LogP contribution < -0.4 is 16.0 Å². The molecule has 0 saturated heterocycles. The van der Waals surface area contributed by atoms with E-state index in [-0.39, 0.29) is 31.0 Å². The number of rotatable bonds is 10. The third kappa shape index (κ3) is 24.0. The van der Waals surface area contributed by atoms with Gasteiger partial charge < -0.3 is 29.7 Å². The summed E-state index contributed by atoms with van der Waals surface area (Å²) in [6.07, 6.45) is 9.14. The number of anilines is 2. The molecule has 2 aliphatic rings. The topological polar surface area (TPSA) is 278 Å². The summed E-state index contributed by atoms with van der Waals surface area (Å²) in [5.41, 5.74) is 15.0. The average molecular weight is 1340 g/mol. The Labute approximate surface area is 550 Å². The molecule has 0 amide bonds. The average Bonchev–Trinajstić information content (AvgIpc) is 2.23. The molecule has 1 aliphatic carbocycles. The maximum Gasteiger partial charge on any atom is 0.417 e. The number of esters is 1. The van der Waals surface area contributed by atoms with Gasteiger partial charge in [-0.25, -0.2) is 14.8 Å². The standard InChI is InChI=1S/C9H10ClF3N2.C9H9N3O.C9H8O2.C8H12N4O.C7H8N2OS.C7H6N2S.C7H10N2.C5H6ClNS.B/c1-2-3-14-8-7(10)4-6(5-15-8)9(11,12)13;1-6-8(4-3-5-10-6)9-11-7(2)13-12-9;1-6-3-2-4-7-5-11-9(10)8(6)7;1-5(10-3)7(4-9)8-11-6(2)13-12-8;1-4(10)7-6(5-2-3-5)8-9-11-7;1-5-3-2-4-6-7(5)10-9-8-6;1-9(2)7-3-5-8-6-4-7;1-2-4-3-7-5(6)8-4;/h4-5H,2-3H2,1H3,(H,14,15);3-5H,1-2H3;2-4H,5H2,1H3;4H,9H2,1-3H3;5H,2-3H2,1H3;2-4H,1H3;3-6H,1-2H3;3H,2H2,1H3;. The van der Waals surface area contributed by atoms with Crippen molar-refractivity contribution in [1.82, 2.24) is 59.4 Å². The van der Waals surface area contributed by atoms with Crippen molar-refractivity contribution in [1.29, 1.82) is 0 Å². The van der Waals surface area contributed by atoms with E-state index in [4.69, 9.17) is 42.7 Å². The molecule has 0 atom stereocenters. The number of hydrogen-bond donors (Lipinski definition) is 2. The van der Waals surface area contributed by atoms with Gasteiger partial charge in [-0.05, 0) is 124 Å². The second-order valence-electron chi connectivity index (χ2n) is 19.5. The number of thiazole rings is 1. The van der Waals surface area contributed by atoms with Gasteiger partial charge in [-0.3, -0.25) is 19.8 Å². The molecule has 2 aromatic carbocycles. The number of carbonyl (C=O) groups excluding carboxylic acids is 2. The Morgan fingerprint density at radius 2 is 1.54 bits per heavy atom. The Kier molecular flexibility index (Phi) is 31.0. The van der Waals surface area contributed by atoms with Crippen LogP contribution >= 0.6 is 57.6 Å². The van der Waals surface area contributed by atoms with E-state index in [1.54, 1.807) is 57.7 Å². The van der Waals surface area contributed by atoms with E-state index >= 15 is 0 Å². The molecule has 9 heterocycles. The smallest absolute Gasteiger partial charge is 0.417 e. The Hall–Kier alpha value is -8.44. The predicted molar refractivity (Wildman–Crippen MR) is 355 cm³/mol. The van der Waals surface area contributed by atoms with Crippen molar-refractivity contribution < 1.29 is 36.5 Å². The normalized spacial score (nSPS) is 12.0. The van der Waals surface area contributed by atoms with Crippen LogP contribution in [0.15, 0.2) is 118 Å². The number of fused-ring (bicyclic) bond motifs is 2. The van der Waals surface area contributed by atoms with Gasteiger partial charge in [0, 0.05) is 133 Å². The van der Waals surface area contributed by atoms with Gasteiger partial charge in [0.1, 0.15) is 22.8 Å². The second-order valence-corrected chi connectivity index (χ2v) is 23.1. The summed E-state index contributed by atoms with van der Waals surface area (Å²) in [6.45, 7) is 17.9. The number of halogens is 5. The molecule has 12 rings (SSSR count).